The first-order valence-electron chi connectivity index (χ1n) is 11.1. The van der Waals surface area contributed by atoms with Crippen molar-refractivity contribution in [3.05, 3.63) is 29.3 Å². The van der Waals surface area contributed by atoms with Gasteiger partial charge in [-0.3, -0.25) is 19.7 Å². The average Bonchev–Trinajstić information content (AvgIpc) is 3.39. The number of hydrogen-bond donors (Lipinski definition) is 1. The normalized spacial score (nSPS) is 27.2. The SMILES string of the molecule is CC(C)(C)OC(=O)N1CC2CC1CN2c1ccc2c(c1)CN(C1CCC(=O)NC1=O)C2=O. The van der Waals surface area contributed by atoms with Crippen LogP contribution in [-0.2, 0) is 20.9 Å². The summed E-state index contributed by atoms with van der Waals surface area (Å²) in [5.74, 6) is -0.857. The Labute approximate surface area is 186 Å². The van der Waals surface area contributed by atoms with E-state index < -0.39 is 17.6 Å². The van der Waals surface area contributed by atoms with Gasteiger partial charge in [-0.25, -0.2) is 4.79 Å². The van der Waals surface area contributed by atoms with Crippen LogP contribution >= 0.6 is 0 Å². The van der Waals surface area contributed by atoms with Gasteiger partial charge in [-0.1, -0.05) is 0 Å². The molecular weight excluding hydrogens is 412 g/mol. The zero-order chi connectivity index (χ0) is 22.8. The molecule has 0 aromatic heterocycles. The Kier molecular flexibility index (Phi) is 4.69. The molecule has 0 spiro atoms. The minimum atomic E-state index is -0.610. The van der Waals surface area contributed by atoms with Gasteiger partial charge in [0.25, 0.3) is 5.91 Å². The number of piperazine rings is 1. The van der Waals surface area contributed by atoms with E-state index in [0.717, 1.165) is 24.2 Å². The van der Waals surface area contributed by atoms with Gasteiger partial charge < -0.3 is 19.4 Å². The lowest BCUT2D eigenvalue weighted by Gasteiger charge is -2.36. The van der Waals surface area contributed by atoms with Crippen LogP contribution in [0.25, 0.3) is 0 Å². The van der Waals surface area contributed by atoms with Crippen molar-refractivity contribution in [2.45, 2.75) is 70.3 Å². The first-order valence-corrected chi connectivity index (χ1v) is 11.1. The van der Waals surface area contributed by atoms with Crippen LogP contribution in [0.3, 0.4) is 0 Å². The molecule has 4 aliphatic heterocycles. The number of rotatable bonds is 2. The molecule has 2 bridgehead atoms. The average molecular weight is 441 g/mol. The molecule has 0 radical (unpaired) electrons. The third-order valence-electron chi connectivity index (χ3n) is 6.71. The molecule has 9 heteroatoms. The summed E-state index contributed by atoms with van der Waals surface area (Å²) in [6.45, 7) is 7.33. The van der Waals surface area contributed by atoms with Crippen molar-refractivity contribution in [1.29, 1.82) is 0 Å². The summed E-state index contributed by atoms with van der Waals surface area (Å²) in [6, 6.07) is 5.53. The fraction of sp³-hybridized carbons (Fsp3) is 0.565. The van der Waals surface area contributed by atoms with Gasteiger partial charge in [-0.05, 0) is 57.4 Å². The smallest absolute Gasteiger partial charge is 0.410 e. The number of nitrogens with zero attached hydrogens (tertiary/aromatic N) is 3. The van der Waals surface area contributed by atoms with Gasteiger partial charge in [-0.2, -0.15) is 0 Å². The van der Waals surface area contributed by atoms with E-state index in [9.17, 15) is 19.2 Å². The van der Waals surface area contributed by atoms with Crippen molar-refractivity contribution in [2.24, 2.45) is 0 Å². The molecule has 32 heavy (non-hydrogen) atoms. The number of nitrogens with one attached hydrogen (secondary N) is 1. The van der Waals surface area contributed by atoms with Gasteiger partial charge in [0, 0.05) is 43.3 Å². The van der Waals surface area contributed by atoms with E-state index in [4.69, 9.17) is 4.74 Å². The molecular formula is C23H28N4O5. The number of ether oxygens (including phenoxy) is 1. The number of carbonyl (C=O) groups is 4. The summed E-state index contributed by atoms with van der Waals surface area (Å²) in [6.07, 6.45) is 1.24. The molecule has 170 valence electrons. The number of piperidine rings is 1. The Morgan fingerprint density at radius 2 is 1.88 bits per heavy atom. The molecule has 4 amide bonds. The maximum absolute atomic E-state index is 12.9. The maximum Gasteiger partial charge on any atom is 0.410 e. The van der Waals surface area contributed by atoms with Gasteiger partial charge in [0.15, 0.2) is 0 Å². The Morgan fingerprint density at radius 1 is 1.09 bits per heavy atom. The second-order valence-electron chi connectivity index (χ2n) is 10.1. The monoisotopic (exact) mass is 440 g/mol. The number of likely N-dealkylation sites (tertiary alicyclic amines) is 1. The summed E-state index contributed by atoms with van der Waals surface area (Å²) in [5, 5.41) is 2.33. The van der Waals surface area contributed by atoms with E-state index in [-0.39, 0.29) is 36.4 Å². The van der Waals surface area contributed by atoms with Crippen molar-refractivity contribution in [3.8, 4) is 0 Å². The van der Waals surface area contributed by atoms with E-state index in [1.165, 1.54) is 0 Å². The van der Waals surface area contributed by atoms with Crippen LogP contribution in [0.2, 0.25) is 0 Å². The van der Waals surface area contributed by atoms with E-state index in [2.05, 4.69) is 10.2 Å². The van der Waals surface area contributed by atoms with E-state index in [0.29, 0.717) is 25.1 Å². The van der Waals surface area contributed by atoms with Crippen molar-refractivity contribution in [2.75, 3.05) is 18.0 Å². The summed E-state index contributed by atoms with van der Waals surface area (Å²) < 4.78 is 5.54. The molecule has 0 aliphatic carbocycles. The predicted octanol–water partition coefficient (Wildman–Crippen LogP) is 1.65. The highest BCUT2D eigenvalue weighted by Crippen LogP contribution is 2.37. The largest absolute Gasteiger partial charge is 0.444 e. The van der Waals surface area contributed by atoms with Gasteiger partial charge in [0.05, 0.1) is 6.04 Å². The van der Waals surface area contributed by atoms with Crippen molar-refractivity contribution in [1.82, 2.24) is 15.1 Å². The molecule has 3 atom stereocenters. The van der Waals surface area contributed by atoms with Crippen LogP contribution in [0, 0.1) is 0 Å². The molecule has 4 aliphatic rings. The molecule has 0 saturated carbocycles. The third kappa shape index (κ3) is 3.49. The second kappa shape index (κ2) is 7.21. The summed E-state index contributed by atoms with van der Waals surface area (Å²) >= 11 is 0. The van der Waals surface area contributed by atoms with Crippen LogP contribution in [0.4, 0.5) is 10.5 Å². The first kappa shape index (κ1) is 20.8. The maximum atomic E-state index is 12.9. The summed E-state index contributed by atoms with van der Waals surface area (Å²) in [4.78, 5) is 54.8. The lowest BCUT2D eigenvalue weighted by atomic mass is 10.0. The standard InChI is InChI=1S/C23H28N4O5/c1-23(2,3)32-22(31)26-12-15-9-16(26)11-25(15)14-4-5-17-13(8-14)10-27(21(17)30)18-6-7-19(28)24-20(18)29/h4-5,8,15-16,18H,6-7,9-12H2,1-3H3,(H,24,28,29). The quantitative estimate of drug-likeness (QED) is 0.702. The Morgan fingerprint density at radius 3 is 2.53 bits per heavy atom. The van der Waals surface area contributed by atoms with Crippen LogP contribution in [-0.4, -0.2) is 70.4 Å². The highest BCUT2D eigenvalue weighted by Gasteiger charge is 2.47. The molecule has 1 aromatic rings. The zero-order valence-corrected chi connectivity index (χ0v) is 18.6. The molecule has 5 rings (SSSR count). The number of carbonyl (C=O) groups excluding carboxylic acids is 4. The van der Waals surface area contributed by atoms with Gasteiger partial charge in [0.1, 0.15) is 11.6 Å². The molecule has 1 N–H and O–H groups in total. The Balaban J connectivity index is 1.28. The Bertz CT molecular complexity index is 1020. The topological polar surface area (TPSA) is 99.3 Å². The fourth-order valence-corrected chi connectivity index (χ4v) is 5.27. The van der Waals surface area contributed by atoms with Gasteiger partial charge >= 0.3 is 6.09 Å². The lowest BCUT2D eigenvalue weighted by Crippen LogP contribution is -2.52. The Hall–Kier alpha value is -3.10. The summed E-state index contributed by atoms with van der Waals surface area (Å²) in [7, 11) is 0. The number of imide groups is 1. The zero-order valence-electron chi connectivity index (χ0n) is 18.6. The minimum Gasteiger partial charge on any atom is -0.444 e. The van der Waals surface area contributed by atoms with Crippen molar-refractivity contribution >= 4 is 29.5 Å². The number of amides is 4. The molecule has 3 saturated heterocycles. The summed E-state index contributed by atoms with van der Waals surface area (Å²) in [5.41, 5.74) is 2.01. The minimum absolute atomic E-state index is 0.115. The highest BCUT2D eigenvalue weighted by atomic mass is 16.6. The number of fused-ring (bicyclic) bond motifs is 3. The van der Waals surface area contributed by atoms with E-state index in [1.54, 1.807) is 4.90 Å². The molecule has 3 unspecified atom stereocenters. The van der Waals surface area contributed by atoms with Crippen LogP contribution in [0.15, 0.2) is 18.2 Å². The van der Waals surface area contributed by atoms with E-state index in [1.807, 2.05) is 43.9 Å². The first-order chi connectivity index (χ1) is 15.1. The van der Waals surface area contributed by atoms with Crippen LogP contribution in [0.1, 0.15) is 56.0 Å². The third-order valence-corrected chi connectivity index (χ3v) is 6.71. The van der Waals surface area contributed by atoms with Crippen LogP contribution < -0.4 is 10.2 Å². The lowest BCUT2D eigenvalue weighted by molar-refractivity contribution is -0.136. The highest BCUT2D eigenvalue weighted by molar-refractivity contribution is 6.05. The molecule has 3 fully saturated rings. The number of anilines is 1. The van der Waals surface area contributed by atoms with Crippen molar-refractivity contribution in [3.63, 3.8) is 0 Å². The second-order valence-corrected chi connectivity index (χ2v) is 10.1. The molecule has 9 nitrogen and oxygen atoms in total. The van der Waals surface area contributed by atoms with Crippen LogP contribution in [0.5, 0.6) is 0 Å². The molecule has 1 aromatic carbocycles. The molecule has 4 heterocycles. The van der Waals surface area contributed by atoms with Gasteiger partial charge in [-0.15, -0.1) is 0 Å². The number of benzene rings is 1. The van der Waals surface area contributed by atoms with Crippen molar-refractivity contribution < 1.29 is 23.9 Å². The van der Waals surface area contributed by atoms with Gasteiger partial charge in [0.2, 0.25) is 11.8 Å². The van der Waals surface area contributed by atoms with E-state index >= 15 is 0 Å². The fourth-order valence-electron chi connectivity index (χ4n) is 5.27. The predicted molar refractivity (Wildman–Crippen MR) is 115 cm³/mol. The number of hydrogen-bond acceptors (Lipinski definition) is 6.